The fraction of sp³-hybridized carbons (Fsp3) is 0.167. The Labute approximate surface area is 102 Å². The molecule has 1 aliphatic rings. The number of ether oxygens (including phenoxy) is 2. The van der Waals surface area contributed by atoms with Crippen LogP contribution in [0.1, 0.15) is 16.1 Å². The van der Waals surface area contributed by atoms with Gasteiger partial charge in [-0.1, -0.05) is 12.1 Å². The first kappa shape index (κ1) is 10.8. The lowest BCUT2D eigenvalue weighted by molar-refractivity contribution is -0.0159. The molecule has 0 saturated heterocycles. The molecule has 1 aromatic carbocycles. The molecule has 0 radical (unpaired) electrons. The summed E-state index contributed by atoms with van der Waals surface area (Å²) in [5, 5.41) is 15.3. The predicted octanol–water partition coefficient (Wildman–Crippen LogP) is 1.64. The minimum Gasteiger partial charge on any atom is -0.477 e. The van der Waals surface area contributed by atoms with Crippen LogP contribution in [0.4, 0.5) is 0 Å². The third kappa shape index (κ3) is 1.72. The molecule has 0 fully saturated rings. The average Bonchev–Trinajstić information content (AvgIpc) is 2.87. The summed E-state index contributed by atoms with van der Waals surface area (Å²) in [6.07, 6.45) is 0. The highest BCUT2D eigenvalue weighted by Gasteiger charge is 2.18. The van der Waals surface area contributed by atoms with Crippen LogP contribution >= 0.6 is 0 Å². The Morgan fingerprint density at radius 2 is 2.33 bits per heavy atom. The van der Waals surface area contributed by atoms with Gasteiger partial charge in [-0.3, -0.25) is 5.10 Å². The lowest BCUT2D eigenvalue weighted by Crippen LogP contribution is -2.12. The number of aromatic carboxylic acids is 1. The number of hydrogen-bond acceptors (Lipinski definition) is 4. The largest absolute Gasteiger partial charge is 0.477 e. The first-order valence-corrected chi connectivity index (χ1v) is 5.37. The Balaban J connectivity index is 2.08. The molecule has 2 N–H and O–H groups in total. The molecule has 2 aromatic rings. The standard InChI is InChI=1S/C12H10N2O4/c15-12(16)10-4-9(13-14-10)8-3-1-2-7-5-17-6-18-11(7)8/h1-4H,5-6H2,(H,13,14)(H,15,16). The van der Waals surface area contributed by atoms with E-state index in [-0.39, 0.29) is 12.5 Å². The minimum absolute atomic E-state index is 0.0506. The maximum atomic E-state index is 10.8. The molecule has 0 aliphatic carbocycles. The summed E-state index contributed by atoms with van der Waals surface area (Å²) in [5.74, 6) is -0.338. The lowest BCUT2D eigenvalue weighted by atomic mass is 10.1. The van der Waals surface area contributed by atoms with Crippen LogP contribution in [0.3, 0.4) is 0 Å². The molecule has 6 heteroatoms. The van der Waals surface area contributed by atoms with Crippen molar-refractivity contribution in [1.29, 1.82) is 0 Å². The Hall–Kier alpha value is -2.34. The van der Waals surface area contributed by atoms with Gasteiger partial charge in [-0.25, -0.2) is 4.79 Å². The highest BCUT2D eigenvalue weighted by Crippen LogP contribution is 2.34. The monoisotopic (exact) mass is 246 g/mol. The SMILES string of the molecule is O=C(O)c1cc(-c2cccc3c2OCOC3)n[nH]1. The third-order valence-corrected chi connectivity index (χ3v) is 2.72. The number of hydrogen-bond donors (Lipinski definition) is 2. The van der Waals surface area contributed by atoms with Gasteiger partial charge in [0.15, 0.2) is 6.79 Å². The molecule has 18 heavy (non-hydrogen) atoms. The smallest absolute Gasteiger partial charge is 0.353 e. The van der Waals surface area contributed by atoms with Crippen molar-refractivity contribution < 1.29 is 19.4 Å². The van der Waals surface area contributed by atoms with Crippen molar-refractivity contribution in [2.75, 3.05) is 6.79 Å². The number of nitrogens with one attached hydrogen (secondary N) is 1. The number of aromatic nitrogens is 2. The van der Waals surface area contributed by atoms with E-state index in [1.165, 1.54) is 6.07 Å². The summed E-state index contributed by atoms with van der Waals surface area (Å²) in [6.45, 7) is 0.680. The normalized spacial score (nSPS) is 13.8. The zero-order valence-corrected chi connectivity index (χ0v) is 9.34. The molecule has 0 unspecified atom stereocenters. The van der Waals surface area contributed by atoms with Crippen LogP contribution in [0.15, 0.2) is 24.3 Å². The number of aromatic amines is 1. The van der Waals surface area contributed by atoms with Crippen molar-refractivity contribution in [2.24, 2.45) is 0 Å². The number of rotatable bonds is 2. The third-order valence-electron chi connectivity index (χ3n) is 2.72. The lowest BCUT2D eigenvalue weighted by Gasteiger charge is -2.19. The van der Waals surface area contributed by atoms with Crippen LogP contribution in [0.5, 0.6) is 5.75 Å². The summed E-state index contributed by atoms with van der Waals surface area (Å²) in [5.41, 5.74) is 2.29. The molecule has 92 valence electrons. The molecular formula is C12H10N2O4. The van der Waals surface area contributed by atoms with Gasteiger partial charge in [0.1, 0.15) is 11.4 Å². The van der Waals surface area contributed by atoms with E-state index in [2.05, 4.69) is 10.2 Å². The quantitative estimate of drug-likeness (QED) is 0.841. The molecule has 1 aromatic heterocycles. The van der Waals surface area contributed by atoms with E-state index < -0.39 is 5.97 Å². The van der Waals surface area contributed by atoms with Gasteiger partial charge < -0.3 is 14.6 Å². The van der Waals surface area contributed by atoms with E-state index in [0.717, 1.165) is 11.1 Å². The maximum Gasteiger partial charge on any atom is 0.353 e. The first-order chi connectivity index (χ1) is 8.75. The number of carbonyl (C=O) groups is 1. The number of benzene rings is 1. The van der Waals surface area contributed by atoms with E-state index in [0.29, 0.717) is 18.1 Å². The van der Waals surface area contributed by atoms with Crippen LogP contribution in [0.25, 0.3) is 11.3 Å². The van der Waals surface area contributed by atoms with Gasteiger partial charge in [-0.15, -0.1) is 0 Å². The van der Waals surface area contributed by atoms with E-state index >= 15 is 0 Å². The highest BCUT2D eigenvalue weighted by molar-refractivity contribution is 5.87. The summed E-state index contributed by atoms with van der Waals surface area (Å²) in [6, 6.07) is 7.09. The van der Waals surface area contributed by atoms with Gasteiger partial charge in [0.05, 0.1) is 12.3 Å². The summed E-state index contributed by atoms with van der Waals surface area (Å²) in [4.78, 5) is 10.8. The summed E-state index contributed by atoms with van der Waals surface area (Å²) < 4.78 is 10.6. The van der Waals surface area contributed by atoms with Crippen molar-refractivity contribution in [2.45, 2.75) is 6.61 Å². The van der Waals surface area contributed by atoms with Crippen molar-refractivity contribution in [3.05, 3.63) is 35.5 Å². The molecule has 6 nitrogen and oxygen atoms in total. The number of carboxylic acids is 1. The number of fused-ring (bicyclic) bond motifs is 1. The predicted molar refractivity (Wildman–Crippen MR) is 61.3 cm³/mol. The van der Waals surface area contributed by atoms with Crippen molar-refractivity contribution in [3.8, 4) is 17.0 Å². The van der Waals surface area contributed by atoms with Crippen LogP contribution < -0.4 is 4.74 Å². The second kappa shape index (κ2) is 4.15. The van der Waals surface area contributed by atoms with E-state index in [9.17, 15) is 4.79 Å². The van der Waals surface area contributed by atoms with Gasteiger partial charge >= 0.3 is 5.97 Å². The first-order valence-electron chi connectivity index (χ1n) is 5.37. The Bertz CT molecular complexity index is 606. The van der Waals surface area contributed by atoms with Crippen LogP contribution in [0, 0.1) is 0 Å². The molecule has 0 amide bonds. The summed E-state index contributed by atoms with van der Waals surface area (Å²) >= 11 is 0. The van der Waals surface area contributed by atoms with E-state index in [1.807, 2.05) is 18.2 Å². The second-order valence-corrected chi connectivity index (χ2v) is 3.88. The van der Waals surface area contributed by atoms with Gasteiger partial charge in [-0.2, -0.15) is 5.10 Å². The molecule has 0 atom stereocenters. The van der Waals surface area contributed by atoms with Crippen LogP contribution in [-0.4, -0.2) is 28.1 Å². The molecular weight excluding hydrogens is 236 g/mol. The zero-order valence-electron chi connectivity index (χ0n) is 9.34. The topological polar surface area (TPSA) is 84.4 Å². The Morgan fingerprint density at radius 3 is 3.11 bits per heavy atom. The van der Waals surface area contributed by atoms with Gasteiger partial charge in [0.25, 0.3) is 0 Å². The average molecular weight is 246 g/mol. The number of H-pyrrole nitrogens is 1. The van der Waals surface area contributed by atoms with Gasteiger partial charge in [0, 0.05) is 11.1 Å². The Kier molecular flexibility index (Phi) is 2.49. The molecule has 1 aliphatic heterocycles. The Morgan fingerprint density at radius 1 is 1.44 bits per heavy atom. The number of para-hydroxylation sites is 1. The van der Waals surface area contributed by atoms with E-state index in [1.54, 1.807) is 0 Å². The van der Waals surface area contributed by atoms with Gasteiger partial charge in [-0.05, 0) is 12.1 Å². The molecule has 0 saturated carbocycles. The van der Waals surface area contributed by atoms with Crippen LogP contribution in [0.2, 0.25) is 0 Å². The van der Waals surface area contributed by atoms with E-state index in [4.69, 9.17) is 14.6 Å². The van der Waals surface area contributed by atoms with Crippen LogP contribution in [-0.2, 0) is 11.3 Å². The maximum absolute atomic E-state index is 10.8. The van der Waals surface area contributed by atoms with Gasteiger partial charge in [0.2, 0.25) is 0 Å². The molecule has 0 bridgehead atoms. The van der Waals surface area contributed by atoms with Crippen molar-refractivity contribution in [1.82, 2.24) is 10.2 Å². The fourth-order valence-electron chi connectivity index (χ4n) is 1.89. The molecule has 3 rings (SSSR count). The molecule has 0 spiro atoms. The summed E-state index contributed by atoms with van der Waals surface area (Å²) in [7, 11) is 0. The second-order valence-electron chi connectivity index (χ2n) is 3.88. The fourth-order valence-corrected chi connectivity index (χ4v) is 1.89. The minimum atomic E-state index is -1.04. The number of nitrogens with zero attached hydrogens (tertiary/aromatic N) is 1. The highest BCUT2D eigenvalue weighted by atomic mass is 16.7. The number of carboxylic acid groups (broad SMARTS) is 1. The zero-order chi connectivity index (χ0) is 12.5. The molecule has 2 heterocycles. The van der Waals surface area contributed by atoms with Crippen molar-refractivity contribution >= 4 is 5.97 Å². The van der Waals surface area contributed by atoms with Crippen molar-refractivity contribution in [3.63, 3.8) is 0 Å².